The third-order valence-corrected chi connectivity index (χ3v) is 4.22. The first kappa shape index (κ1) is 16.9. The minimum absolute atomic E-state index is 0.0113. The molecule has 0 bridgehead atoms. The van der Waals surface area contributed by atoms with E-state index in [9.17, 15) is 18.7 Å². The van der Waals surface area contributed by atoms with E-state index in [1.54, 1.807) is 13.0 Å². The van der Waals surface area contributed by atoms with Gasteiger partial charge < -0.3 is 15.2 Å². The van der Waals surface area contributed by atoms with Gasteiger partial charge in [0.05, 0.1) is 21.7 Å². The molecule has 1 saturated carbocycles. The number of aromatic nitrogens is 1. The monoisotopic (exact) mass is 356 g/mol. The summed E-state index contributed by atoms with van der Waals surface area (Å²) >= 11 is 5.91. The minimum atomic E-state index is -2.98. The fourth-order valence-corrected chi connectivity index (χ4v) is 3.03. The van der Waals surface area contributed by atoms with Gasteiger partial charge in [-0.15, -0.1) is 0 Å². The molecule has 1 aromatic heterocycles. The van der Waals surface area contributed by atoms with Gasteiger partial charge in [-0.2, -0.15) is 8.78 Å². The zero-order valence-corrected chi connectivity index (χ0v) is 13.5. The van der Waals surface area contributed by atoms with Crippen LogP contribution < -0.4 is 10.1 Å². The van der Waals surface area contributed by atoms with Crippen molar-refractivity contribution >= 4 is 28.4 Å². The lowest BCUT2D eigenvalue weighted by molar-refractivity contribution is -0.0497. The SMILES string of the molecule is C[C@]1(O)C[C@H](NC(=O)c2cnc3cc(OC(F)F)c(Cl)cc3c2)C1. The van der Waals surface area contributed by atoms with Crippen LogP contribution in [0.4, 0.5) is 8.78 Å². The maximum atomic E-state index is 12.3. The number of benzene rings is 1. The highest BCUT2D eigenvalue weighted by molar-refractivity contribution is 6.32. The normalized spacial score (nSPS) is 23.2. The maximum Gasteiger partial charge on any atom is 0.387 e. The van der Waals surface area contributed by atoms with E-state index >= 15 is 0 Å². The number of hydrogen-bond donors (Lipinski definition) is 2. The number of rotatable bonds is 4. The van der Waals surface area contributed by atoms with Gasteiger partial charge in [0.25, 0.3) is 5.91 Å². The molecule has 2 N–H and O–H groups in total. The highest BCUT2D eigenvalue weighted by Crippen LogP contribution is 2.32. The van der Waals surface area contributed by atoms with Crippen molar-refractivity contribution in [2.45, 2.75) is 38.0 Å². The Morgan fingerprint density at radius 2 is 2.17 bits per heavy atom. The Kier molecular flexibility index (Phi) is 4.31. The molecular formula is C16H15ClF2N2O3. The molecule has 0 aliphatic heterocycles. The van der Waals surface area contributed by atoms with Crippen LogP contribution in [0.2, 0.25) is 5.02 Å². The number of alkyl halides is 2. The highest BCUT2D eigenvalue weighted by atomic mass is 35.5. The predicted molar refractivity (Wildman–Crippen MR) is 84.5 cm³/mol. The number of ether oxygens (including phenoxy) is 1. The van der Waals surface area contributed by atoms with E-state index in [0.717, 1.165) is 0 Å². The fraction of sp³-hybridized carbons (Fsp3) is 0.375. The number of nitrogens with zero attached hydrogens (tertiary/aromatic N) is 1. The number of fused-ring (bicyclic) bond motifs is 1. The Morgan fingerprint density at radius 3 is 2.79 bits per heavy atom. The van der Waals surface area contributed by atoms with Crippen LogP contribution in [0.25, 0.3) is 10.9 Å². The number of hydrogen-bond acceptors (Lipinski definition) is 4. The number of carbonyl (C=O) groups excluding carboxylic acids is 1. The second-order valence-corrected chi connectivity index (χ2v) is 6.56. The van der Waals surface area contributed by atoms with Crippen molar-refractivity contribution in [3.8, 4) is 5.75 Å². The molecule has 5 nitrogen and oxygen atoms in total. The molecule has 1 fully saturated rings. The van der Waals surface area contributed by atoms with E-state index in [0.29, 0.717) is 29.3 Å². The van der Waals surface area contributed by atoms with Gasteiger partial charge in [-0.3, -0.25) is 9.78 Å². The van der Waals surface area contributed by atoms with E-state index in [2.05, 4.69) is 15.0 Å². The largest absolute Gasteiger partial charge is 0.433 e. The molecule has 1 amide bonds. The summed E-state index contributed by atoms with van der Waals surface area (Å²) < 4.78 is 28.9. The summed E-state index contributed by atoms with van der Waals surface area (Å²) in [5.74, 6) is -0.477. The number of carbonyl (C=O) groups is 1. The van der Waals surface area contributed by atoms with Crippen LogP contribution in [-0.2, 0) is 0 Å². The average Bonchev–Trinajstić information content (AvgIpc) is 2.45. The lowest BCUT2D eigenvalue weighted by atomic mass is 9.77. The third-order valence-electron chi connectivity index (χ3n) is 3.92. The molecule has 1 aliphatic rings. The molecule has 0 spiro atoms. The Hall–Kier alpha value is -1.99. The molecule has 3 rings (SSSR count). The van der Waals surface area contributed by atoms with Gasteiger partial charge in [-0.25, -0.2) is 0 Å². The topological polar surface area (TPSA) is 71.5 Å². The summed E-state index contributed by atoms with van der Waals surface area (Å²) in [6.07, 6.45) is 2.36. The van der Waals surface area contributed by atoms with Gasteiger partial charge in [0.2, 0.25) is 0 Å². The van der Waals surface area contributed by atoms with Crippen molar-refractivity contribution in [3.63, 3.8) is 0 Å². The molecule has 1 heterocycles. The van der Waals surface area contributed by atoms with Crippen molar-refractivity contribution in [3.05, 3.63) is 35.0 Å². The molecule has 0 radical (unpaired) electrons. The van der Waals surface area contributed by atoms with E-state index in [-0.39, 0.29) is 22.7 Å². The third kappa shape index (κ3) is 3.57. The van der Waals surface area contributed by atoms with Gasteiger partial charge >= 0.3 is 6.61 Å². The van der Waals surface area contributed by atoms with Gasteiger partial charge in [-0.1, -0.05) is 11.6 Å². The average molecular weight is 357 g/mol. The summed E-state index contributed by atoms with van der Waals surface area (Å²) in [6, 6.07) is 4.22. The highest BCUT2D eigenvalue weighted by Gasteiger charge is 2.39. The van der Waals surface area contributed by atoms with Crippen LogP contribution in [0.1, 0.15) is 30.1 Å². The van der Waals surface area contributed by atoms with Crippen LogP contribution in [0.5, 0.6) is 5.75 Å². The van der Waals surface area contributed by atoms with Crippen LogP contribution in [0.3, 0.4) is 0 Å². The second kappa shape index (κ2) is 6.14. The molecule has 1 aromatic carbocycles. The van der Waals surface area contributed by atoms with Crippen molar-refractivity contribution < 1.29 is 23.4 Å². The van der Waals surface area contributed by atoms with Crippen molar-refractivity contribution in [1.82, 2.24) is 10.3 Å². The van der Waals surface area contributed by atoms with E-state index in [1.807, 2.05) is 0 Å². The lowest BCUT2D eigenvalue weighted by Crippen LogP contribution is -2.53. The summed E-state index contributed by atoms with van der Waals surface area (Å²) in [5, 5.41) is 13.0. The van der Waals surface area contributed by atoms with Crippen LogP contribution in [0.15, 0.2) is 24.4 Å². The molecule has 128 valence electrons. The first-order valence-corrected chi connectivity index (χ1v) is 7.69. The zero-order chi connectivity index (χ0) is 17.5. The quantitative estimate of drug-likeness (QED) is 0.883. The summed E-state index contributed by atoms with van der Waals surface area (Å²) in [4.78, 5) is 16.3. The summed E-state index contributed by atoms with van der Waals surface area (Å²) in [7, 11) is 0. The van der Waals surface area contributed by atoms with Gasteiger partial charge in [0.1, 0.15) is 5.75 Å². The molecule has 1 aliphatic carbocycles. The van der Waals surface area contributed by atoms with Gasteiger partial charge in [0.15, 0.2) is 0 Å². The number of pyridine rings is 1. The van der Waals surface area contributed by atoms with Crippen LogP contribution >= 0.6 is 11.6 Å². The first-order chi connectivity index (χ1) is 11.2. The molecule has 8 heteroatoms. The Bertz CT molecular complexity index is 790. The van der Waals surface area contributed by atoms with E-state index < -0.39 is 12.2 Å². The van der Waals surface area contributed by atoms with Crippen molar-refractivity contribution in [1.29, 1.82) is 0 Å². The maximum absolute atomic E-state index is 12.3. The first-order valence-electron chi connectivity index (χ1n) is 7.31. The van der Waals surface area contributed by atoms with Crippen LogP contribution in [-0.4, -0.2) is 34.3 Å². The number of amides is 1. The van der Waals surface area contributed by atoms with Crippen molar-refractivity contribution in [2.24, 2.45) is 0 Å². The van der Waals surface area contributed by atoms with Gasteiger partial charge in [-0.05, 0) is 31.9 Å². The number of nitrogens with one attached hydrogen (secondary N) is 1. The molecule has 2 aromatic rings. The summed E-state index contributed by atoms with van der Waals surface area (Å²) in [6.45, 7) is -1.27. The van der Waals surface area contributed by atoms with Crippen molar-refractivity contribution in [2.75, 3.05) is 0 Å². The Morgan fingerprint density at radius 1 is 1.46 bits per heavy atom. The smallest absolute Gasteiger partial charge is 0.387 e. The predicted octanol–water partition coefficient (Wildman–Crippen LogP) is 3.13. The Labute approximate surface area is 141 Å². The molecule has 24 heavy (non-hydrogen) atoms. The van der Waals surface area contributed by atoms with Gasteiger partial charge in [0, 0.05) is 23.7 Å². The molecule has 0 atom stereocenters. The Balaban J connectivity index is 1.79. The standard InChI is InChI=1S/C16H15ClF2N2O3/c1-16(23)5-10(6-16)21-14(22)9-2-8-3-11(17)13(24-15(18)19)4-12(8)20-7-9/h2-4,7,10,15,23H,5-6H2,1H3,(H,21,22)/t10-,16-. The molecule has 0 unspecified atom stereocenters. The second-order valence-electron chi connectivity index (χ2n) is 6.15. The number of halogens is 3. The van der Waals surface area contributed by atoms with Crippen LogP contribution in [0, 0.1) is 0 Å². The molecular weight excluding hydrogens is 342 g/mol. The zero-order valence-electron chi connectivity index (χ0n) is 12.7. The lowest BCUT2D eigenvalue weighted by Gasteiger charge is -2.41. The summed E-state index contributed by atoms with van der Waals surface area (Å²) in [5.41, 5.74) is -0.0143. The van der Waals surface area contributed by atoms with E-state index in [4.69, 9.17) is 11.6 Å². The fourth-order valence-electron chi connectivity index (χ4n) is 2.81. The minimum Gasteiger partial charge on any atom is -0.433 e. The molecule has 0 saturated heterocycles. The van der Waals surface area contributed by atoms with E-state index in [1.165, 1.54) is 18.3 Å². The number of aliphatic hydroxyl groups is 1.